The summed E-state index contributed by atoms with van der Waals surface area (Å²) in [5.74, 6) is 0.205. The minimum absolute atomic E-state index is 0.0655. The molecule has 5 nitrogen and oxygen atoms in total. The van der Waals surface area contributed by atoms with Gasteiger partial charge in [-0.1, -0.05) is 12.1 Å². The van der Waals surface area contributed by atoms with Crippen molar-refractivity contribution < 1.29 is 13.9 Å². The van der Waals surface area contributed by atoms with Gasteiger partial charge in [-0.3, -0.25) is 9.69 Å². The van der Waals surface area contributed by atoms with E-state index in [2.05, 4.69) is 4.90 Å². The van der Waals surface area contributed by atoms with E-state index in [1.165, 1.54) is 25.7 Å². The molecule has 5 heteroatoms. The van der Waals surface area contributed by atoms with Gasteiger partial charge < -0.3 is 14.1 Å². The van der Waals surface area contributed by atoms with Gasteiger partial charge in [-0.15, -0.1) is 0 Å². The maximum atomic E-state index is 13.3. The van der Waals surface area contributed by atoms with Crippen molar-refractivity contribution in [3.05, 3.63) is 36.1 Å². The molecule has 0 radical (unpaired) electrons. The highest BCUT2D eigenvalue weighted by Crippen LogP contribution is 2.43. The summed E-state index contributed by atoms with van der Waals surface area (Å²) >= 11 is 0. The molecule has 2 aromatic rings. The number of carbonyl (C=O) groups is 1. The van der Waals surface area contributed by atoms with Crippen molar-refractivity contribution in [1.29, 1.82) is 0 Å². The fraction of sp³-hybridized carbons (Fsp3) is 0.625. The Labute approximate surface area is 173 Å². The highest BCUT2D eigenvalue weighted by Gasteiger charge is 2.47. The molecule has 29 heavy (non-hydrogen) atoms. The van der Waals surface area contributed by atoms with Gasteiger partial charge in [-0.2, -0.15) is 0 Å². The molecular formula is C24H32N2O3. The number of ether oxygens (including phenoxy) is 1. The molecule has 1 aromatic carbocycles. The van der Waals surface area contributed by atoms with E-state index >= 15 is 0 Å². The Morgan fingerprint density at radius 1 is 1.21 bits per heavy atom. The third kappa shape index (κ3) is 3.59. The number of hydrogen-bond donors (Lipinski definition) is 0. The standard InChI is InChI=1S/C24H32N2O3/c1-25(23(27)16-18-6-4-7-22-19(18)9-15-28-22)20-8-11-24(10-5-14-29-24)17-21(20)26-12-2-3-13-26/h4,6-7,9,15,20-21H,2-3,5,8,10-14,16-17H2,1H3/t20?,21-,24-/m0/s1. The van der Waals surface area contributed by atoms with Gasteiger partial charge in [0.1, 0.15) is 5.58 Å². The normalized spacial score (nSPS) is 30.4. The Bertz CT molecular complexity index is 864. The minimum Gasteiger partial charge on any atom is -0.464 e. The number of likely N-dealkylation sites (N-methyl/N-ethyl adjacent to an activating group) is 1. The van der Waals surface area contributed by atoms with Gasteiger partial charge in [0.15, 0.2) is 0 Å². The van der Waals surface area contributed by atoms with Crippen LogP contribution in [0.2, 0.25) is 0 Å². The van der Waals surface area contributed by atoms with Crippen LogP contribution in [0.1, 0.15) is 50.5 Å². The topological polar surface area (TPSA) is 45.9 Å². The van der Waals surface area contributed by atoms with Gasteiger partial charge in [0.25, 0.3) is 0 Å². The van der Waals surface area contributed by atoms with E-state index < -0.39 is 0 Å². The Hall–Kier alpha value is -1.85. The third-order valence-electron chi connectivity index (χ3n) is 7.53. The first-order valence-corrected chi connectivity index (χ1v) is 11.2. The van der Waals surface area contributed by atoms with Gasteiger partial charge in [0, 0.05) is 31.1 Å². The van der Waals surface area contributed by atoms with Crippen molar-refractivity contribution in [2.75, 3.05) is 26.7 Å². The molecule has 156 valence electrons. The predicted octanol–water partition coefficient (Wildman–Crippen LogP) is 4.00. The van der Waals surface area contributed by atoms with Gasteiger partial charge in [0.2, 0.25) is 5.91 Å². The molecule has 2 saturated heterocycles. The molecule has 1 spiro atoms. The maximum absolute atomic E-state index is 13.3. The summed E-state index contributed by atoms with van der Waals surface area (Å²) in [6.45, 7) is 3.22. The Balaban J connectivity index is 1.34. The first-order valence-electron chi connectivity index (χ1n) is 11.2. The van der Waals surface area contributed by atoms with Crippen LogP contribution >= 0.6 is 0 Å². The fourth-order valence-corrected chi connectivity index (χ4v) is 5.92. The molecule has 0 bridgehead atoms. The van der Waals surface area contributed by atoms with E-state index in [9.17, 15) is 4.79 Å². The highest BCUT2D eigenvalue weighted by atomic mass is 16.5. The molecule has 1 amide bonds. The van der Waals surface area contributed by atoms with Crippen LogP contribution in [0, 0.1) is 0 Å². The van der Waals surface area contributed by atoms with Crippen LogP contribution in [0.4, 0.5) is 0 Å². The van der Waals surface area contributed by atoms with E-state index in [-0.39, 0.29) is 17.6 Å². The number of rotatable bonds is 4. The van der Waals surface area contributed by atoms with Crippen molar-refractivity contribution in [1.82, 2.24) is 9.80 Å². The summed E-state index contributed by atoms with van der Waals surface area (Å²) in [5.41, 5.74) is 1.97. The van der Waals surface area contributed by atoms with Crippen molar-refractivity contribution in [3.63, 3.8) is 0 Å². The quantitative estimate of drug-likeness (QED) is 0.784. The lowest BCUT2D eigenvalue weighted by molar-refractivity contribution is -0.136. The summed E-state index contributed by atoms with van der Waals surface area (Å²) in [6, 6.07) is 8.64. The van der Waals surface area contributed by atoms with Crippen molar-refractivity contribution in [2.24, 2.45) is 0 Å². The van der Waals surface area contributed by atoms with Crippen LogP contribution in [-0.4, -0.2) is 60.1 Å². The van der Waals surface area contributed by atoms with Crippen LogP contribution in [0.25, 0.3) is 11.0 Å². The number of hydrogen-bond acceptors (Lipinski definition) is 4. The summed E-state index contributed by atoms with van der Waals surface area (Å²) in [7, 11) is 2.01. The SMILES string of the molecule is CN(C(=O)Cc1cccc2occc12)C1CC[C@@]2(CCCO2)C[C@@H]1N1CCCC1. The Kier molecular flexibility index (Phi) is 5.12. The fourth-order valence-electron chi connectivity index (χ4n) is 5.92. The van der Waals surface area contributed by atoms with Gasteiger partial charge in [0.05, 0.1) is 18.3 Å². The largest absolute Gasteiger partial charge is 0.464 e. The van der Waals surface area contributed by atoms with Crippen LogP contribution in [0.3, 0.4) is 0 Å². The van der Waals surface area contributed by atoms with Crippen molar-refractivity contribution in [2.45, 2.75) is 69.1 Å². The molecule has 2 aliphatic heterocycles. The minimum atomic E-state index is 0.0655. The summed E-state index contributed by atoms with van der Waals surface area (Å²) < 4.78 is 11.8. The monoisotopic (exact) mass is 396 g/mol. The molecule has 3 atom stereocenters. The molecule has 5 rings (SSSR count). The van der Waals surface area contributed by atoms with E-state index in [1.54, 1.807) is 6.26 Å². The first-order chi connectivity index (χ1) is 14.2. The molecule has 1 aromatic heterocycles. The average Bonchev–Trinajstić information content (AvgIpc) is 3.49. The first kappa shape index (κ1) is 19.1. The third-order valence-corrected chi connectivity index (χ3v) is 7.53. The molecule has 3 heterocycles. The molecule has 1 unspecified atom stereocenters. The lowest BCUT2D eigenvalue weighted by Gasteiger charge is -2.48. The molecular weight excluding hydrogens is 364 g/mol. The van der Waals surface area contributed by atoms with Crippen molar-refractivity contribution >= 4 is 16.9 Å². The maximum Gasteiger partial charge on any atom is 0.227 e. The second kappa shape index (κ2) is 7.77. The van der Waals surface area contributed by atoms with Crippen molar-refractivity contribution in [3.8, 4) is 0 Å². The molecule has 3 fully saturated rings. The lowest BCUT2D eigenvalue weighted by atomic mass is 9.76. The number of fused-ring (bicyclic) bond motifs is 1. The zero-order chi connectivity index (χ0) is 19.8. The van der Waals surface area contributed by atoms with Crippen LogP contribution in [-0.2, 0) is 16.0 Å². The second-order valence-corrected chi connectivity index (χ2v) is 9.19. The number of amides is 1. The van der Waals surface area contributed by atoms with E-state index in [4.69, 9.17) is 9.15 Å². The highest BCUT2D eigenvalue weighted by molar-refractivity contribution is 5.87. The zero-order valence-electron chi connectivity index (χ0n) is 17.4. The van der Waals surface area contributed by atoms with Gasteiger partial charge in [-0.05, 0) is 75.7 Å². The van der Waals surface area contributed by atoms with E-state index in [0.29, 0.717) is 12.5 Å². The molecule has 3 aliphatic rings. The molecule has 1 aliphatic carbocycles. The van der Waals surface area contributed by atoms with Crippen LogP contribution in [0.5, 0.6) is 0 Å². The number of benzene rings is 1. The lowest BCUT2D eigenvalue weighted by Crippen LogP contribution is -2.58. The second-order valence-electron chi connectivity index (χ2n) is 9.19. The van der Waals surface area contributed by atoms with Gasteiger partial charge >= 0.3 is 0 Å². The predicted molar refractivity (Wildman–Crippen MR) is 113 cm³/mol. The Morgan fingerprint density at radius 3 is 2.86 bits per heavy atom. The molecule has 0 N–H and O–H groups in total. The van der Waals surface area contributed by atoms with Crippen LogP contribution < -0.4 is 0 Å². The summed E-state index contributed by atoms with van der Waals surface area (Å²) in [5, 5.41) is 1.05. The smallest absolute Gasteiger partial charge is 0.227 e. The number of carbonyl (C=O) groups excluding carboxylic acids is 1. The average molecular weight is 397 g/mol. The Morgan fingerprint density at radius 2 is 2.07 bits per heavy atom. The van der Waals surface area contributed by atoms with E-state index in [0.717, 1.165) is 55.5 Å². The molecule has 1 saturated carbocycles. The summed E-state index contributed by atoms with van der Waals surface area (Å²) in [4.78, 5) is 18.0. The van der Waals surface area contributed by atoms with Gasteiger partial charge in [-0.25, -0.2) is 0 Å². The number of furan rings is 1. The van der Waals surface area contributed by atoms with Crippen LogP contribution in [0.15, 0.2) is 34.9 Å². The summed E-state index contributed by atoms with van der Waals surface area (Å²) in [6.07, 6.45) is 10.2. The number of nitrogens with zero attached hydrogens (tertiary/aromatic N) is 2. The van der Waals surface area contributed by atoms with E-state index in [1.807, 2.05) is 36.2 Å². The zero-order valence-corrected chi connectivity index (χ0v) is 17.4. The number of likely N-dealkylation sites (tertiary alicyclic amines) is 1.